The van der Waals surface area contributed by atoms with E-state index in [1.54, 1.807) is 0 Å². The van der Waals surface area contributed by atoms with Crippen molar-refractivity contribution >= 4 is 10.0 Å². The molecule has 8 heteroatoms. The minimum atomic E-state index is -3.65. The van der Waals surface area contributed by atoms with Crippen molar-refractivity contribution in [1.29, 1.82) is 0 Å². The molecule has 1 aromatic heterocycles. The molecule has 2 fully saturated rings. The number of sulfonamides is 1. The molecule has 0 radical (unpaired) electrons. The lowest BCUT2D eigenvalue weighted by molar-refractivity contribution is 0.186. The molecule has 2 unspecified atom stereocenters. The summed E-state index contributed by atoms with van der Waals surface area (Å²) in [6.45, 7) is 1.68. The van der Waals surface area contributed by atoms with Gasteiger partial charge in [-0.05, 0) is 25.8 Å². The summed E-state index contributed by atoms with van der Waals surface area (Å²) in [5.41, 5.74) is 0.302. The first-order valence-corrected chi connectivity index (χ1v) is 8.49. The minimum absolute atomic E-state index is 0.0192. The number of hydrogen-bond donors (Lipinski definition) is 3. The third-order valence-electron chi connectivity index (χ3n) is 4.28. The summed E-state index contributed by atoms with van der Waals surface area (Å²) in [6, 6.07) is 0.258. The van der Waals surface area contributed by atoms with Crippen LogP contribution < -0.4 is 4.72 Å². The van der Waals surface area contributed by atoms with Crippen LogP contribution in [0.4, 0.5) is 0 Å². The Kier molecular flexibility index (Phi) is 3.80. The van der Waals surface area contributed by atoms with Crippen LogP contribution in [-0.2, 0) is 16.6 Å². The van der Waals surface area contributed by atoms with Crippen molar-refractivity contribution in [3.05, 3.63) is 11.8 Å². The Morgan fingerprint density at radius 1 is 1.40 bits per heavy atom. The lowest BCUT2D eigenvalue weighted by Gasteiger charge is -2.32. The average Bonchev–Trinajstić information content (AvgIpc) is 3.06. The molecule has 7 nitrogen and oxygen atoms in total. The van der Waals surface area contributed by atoms with E-state index in [0.717, 1.165) is 32.4 Å². The standard InChI is InChI=1S/C12H20N4O3S/c17-8-9-7-13-14-12(9)20(18,19)15-10-4-6-16-5-2-1-3-11(10)16/h7,10-11,15,17H,1-6,8H2,(H,13,14). The molecule has 2 atom stereocenters. The molecular weight excluding hydrogens is 280 g/mol. The zero-order chi connectivity index (χ0) is 14.2. The number of H-pyrrole nitrogens is 1. The molecule has 0 bridgehead atoms. The highest BCUT2D eigenvalue weighted by Gasteiger charge is 2.38. The monoisotopic (exact) mass is 300 g/mol. The maximum atomic E-state index is 12.4. The van der Waals surface area contributed by atoms with E-state index < -0.39 is 10.0 Å². The second kappa shape index (κ2) is 5.44. The van der Waals surface area contributed by atoms with Gasteiger partial charge in [0.15, 0.2) is 5.03 Å². The Labute approximate surface area is 118 Å². The summed E-state index contributed by atoms with van der Waals surface area (Å²) >= 11 is 0. The van der Waals surface area contributed by atoms with Crippen molar-refractivity contribution in [2.24, 2.45) is 0 Å². The highest BCUT2D eigenvalue weighted by atomic mass is 32.2. The van der Waals surface area contributed by atoms with Gasteiger partial charge in [-0.2, -0.15) is 5.10 Å². The quantitative estimate of drug-likeness (QED) is 0.716. The normalized spacial score (nSPS) is 27.6. The number of aromatic amines is 1. The van der Waals surface area contributed by atoms with E-state index in [2.05, 4.69) is 19.8 Å². The van der Waals surface area contributed by atoms with Crippen LogP contribution in [0.2, 0.25) is 0 Å². The number of hydrogen-bond acceptors (Lipinski definition) is 5. The lowest BCUT2D eigenvalue weighted by Crippen LogP contribution is -2.46. The van der Waals surface area contributed by atoms with Crippen LogP contribution >= 0.6 is 0 Å². The summed E-state index contributed by atoms with van der Waals surface area (Å²) in [4.78, 5) is 2.37. The van der Waals surface area contributed by atoms with E-state index in [4.69, 9.17) is 5.11 Å². The second-order valence-electron chi connectivity index (χ2n) is 5.50. The second-order valence-corrected chi connectivity index (χ2v) is 7.15. The fourth-order valence-electron chi connectivity index (χ4n) is 3.29. The Balaban J connectivity index is 1.77. The predicted octanol–water partition coefficient (Wildman–Crippen LogP) is -0.193. The van der Waals surface area contributed by atoms with Crippen LogP contribution in [0.1, 0.15) is 31.2 Å². The van der Waals surface area contributed by atoms with Gasteiger partial charge in [0, 0.05) is 24.2 Å². The number of aliphatic hydroxyl groups excluding tert-OH is 1. The molecule has 0 spiro atoms. The molecule has 2 aliphatic rings. The molecule has 3 rings (SSSR count). The first-order valence-electron chi connectivity index (χ1n) is 7.01. The average molecular weight is 300 g/mol. The van der Waals surface area contributed by atoms with E-state index in [-0.39, 0.29) is 17.7 Å². The SMILES string of the molecule is O=S(=O)(NC1CCN2CCCCC12)c1[nH]ncc1CO. The van der Waals surface area contributed by atoms with Crippen molar-refractivity contribution in [1.82, 2.24) is 19.8 Å². The maximum absolute atomic E-state index is 12.4. The van der Waals surface area contributed by atoms with Crippen LogP contribution in [-0.4, -0.2) is 53.8 Å². The van der Waals surface area contributed by atoms with Crippen LogP contribution in [0.5, 0.6) is 0 Å². The van der Waals surface area contributed by atoms with Gasteiger partial charge in [-0.1, -0.05) is 6.42 Å². The van der Waals surface area contributed by atoms with E-state index in [1.807, 2.05) is 0 Å². The maximum Gasteiger partial charge on any atom is 0.258 e. The molecule has 0 aromatic carbocycles. The molecule has 0 amide bonds. The lowest BCUT2D eigenvalue weighted by atomic mass is 10.00. The molecule has 0 aliphatic carbocycles. The summed E-state index contributed by atoms with van der Waals surface area (Å²) in [6.07, 6.45) is 5.59. The van der Waals surface area contributed by atoms with Gasteiger partial charge < -0.3 is 5.11 Å². The molecule has 2 saturated heterocycles. The van der Waals surface area contributed by atoms with Crippen LogP contribution in [0.3, 0.4) is 0 Å². The predicted molar refractivity (Wildman–Crippen MR) is 72.4 cm³/mol. The van der Waals surface area contributed by atoms with E-state index in [0.29, 0.717) is 11.6 Å². The molecule has 0 saturated carbocycles. The minimum Gasteiger partial charge on any atom is -0.392 e. The van der Waals surface area contributed by atoms with E-state index in [1.165, 1.54) is 12.6 Å². The summed E-state index contributed by atoms with van der Waals surface area (Å²) in [5.74, 6) is 0. The van der Waals surface area contributed by atoms with Gasteiger partial charge in [0.1, 0.15) is 0 Å². The third kappa shape index (κ3) is 2.48. The molecule has 3 N–H and O–H groups in total. The molecule has 112 valence electrons. The molecule has 3 heterocycles. The van der Waals surface area contributed by atoms with Crippen molar-refractivity contribution in [2.75, 3.05) is 13.1 Å². The van der Waals surface area contributed by atoms with Gasteiger partial charge in [0.05, 0.1) is 12.8 Å². The fraction of sp³-hybridized carbons (Fsp3) is 0.750. The Morgan fingerprint density at radius 3 is 3.05 bits per heavy atom. The zero-order valence-corrected chi connectivity index (χ0v) is 12.1. The Bertz CT molecular complexity index is 571. The third-order valence-corrected chi connectivity index (χ3v) is 5.78. The fourth-order valence-corrected chi connectivity index (χ4v) is 4.71. The molecule has 1 aromatic rings. The first-order chi connectivity index (χ1) is 9.62. The van der Waals surface area contributed by atoms with Crippen molar-refractivity contribution < 1.29 is 13.5 Å². The molecule has 2 aliphatic heterocycles. The zero-order valence-electron chi connectivity index (χ0n) is 11.2. The smallest absolute Gasteiger partial charge is 0.258 e. The highest BCUT2D eigenvalue weighted by molar-refractivity contribution is 7.89. The highest BCUT2D eigenvalue weighted by Crippen LogP contribution is 2.28. The van der Waals surface area contributed by atoms with Gasteiger partial charge in [0.2, 0.25) is 0 Å². The molecule has 20 heavy (non-hydrogen) atoms. The Hall–Kier alpha value is -0.960. The van der Waals surface area contributed by atoms with Crippen LogP contribution in [0.15, 0.2) is 11.2 Å². The molecular formula is C12H20N4O3S. The van der Waals surface area contributed by atoms with Gasteiger partial charge in [-0.15, -0.1) is 0 Å². The summed E-state index contributed by atoms with van der Waals surface area (Å²) in [5, 5.41) is 15.3. The van der Waals surface area contributed by atoms with Crippen LogP contribution in [0.25, 0.3) is 0 Å². The first kappa shape index (κ1) is 14.0. The van der Waals surface area contributed by atoms with Crippen molar-refractivity contribution in [2.45, 2.75) is 49.4 Å². The van der Waals surface area contributed by atoms with E-state index >= 15 is 0 Å². The Morgan fingerprint density at radius 2 is 2.25 bits per heavy atom. The van der Waals surface area contributed by atoms with Crippen molar-refractivity contribution in [3.8, 4) is 0 Å². The van der Waals surface area contributed by atoms with Gasteiger partial charge in [-0.3, -0.25) is 10.00 Å². The summed E-state index contributed by atoms with van der Waals surface area (Å²) in [7, 11) is -3.65. The number of aliphatic hydroxyl groups is 1. The van der Waals surface area contributed by atoms with Crippen molar-refractivity contribution in [3.63, 3.8) is 0 Å². The van der Waals surface area contributed by atoms with Gasteiger partial charge >= 0.3 is 0 Å². The van der Waals surface area contributed by atoms with Gasteiger partial charge in [-0.25, -0.2) is 13.1 Å². The number of nitrogens with zero attached hydrogens (tertiary/aromatic N) is 2. The number of rotatable bonds is 4. The number of fused-ring (bicyclic) bond motifs is 1. The summed E-state index contributed by atoms with van der Waals surface area (Å²) < 4.78 is 27.6. The number of aromatic nitrogens is 2. The number of nitrogens with one attached hydrogen (secondary N) is 2. The largest absolute Gasteiger partial charge is 0.392 e. The topological polar surface area (TPSA) is 98.3 Å². The van der Waals surface area contributed by atoms with E-state index in [9.17, 15) is 8.42 Å². The van der Waals surface area contributed by atoms with Gasteiger partial charge in [0.25, 0.3) is 10.0 Å². The van der Waals surface area contributed by atoms with Crippen LogP contribution in [0, 0.1) is 0 Å². The number of piperidine rings is 1.